The number of halogens is 2. The number of rotatable bonds is 2. The first-order valence-electron chi connectivity index (χ1n) is 5.17. The average Bonchev–Trinajstić information content (AvgIpc) is 3.10. The van der Waals surface area contributed by atoms with Crippen molar-refractivity contribution in [2.24, 2.45) is 5.41 Å². The number of nitriles is 1. The van der Waals surface area contributed by atoms with Crippen LogP contribution in [0, 0.1) is 23.7 Å². The van der Waals surface area contributed by atoms with E-state index in [-0.39, 0.29) is 5.91 Å². The number of carbonyl (C=O) groups excluding carboxylic acids is 1. The molecule has 1 aromatic carbocycles. The second-order valence-electron chi connectivity index (χ2n) is 4.20. The van der Waals surface area contributed by atoms with Gasteiger partial charge in [-0.1, -0.05) is 29.3 Å². The Hall–Kier alpha value is -1.24. The van der Waals surface area contributed by atoms with Gasteiger partial charge in [0.1, 0.15) is 5.41 Å². The predicted molar refractivity (Wildman–Crippen MR) is 67.1 cm³/mol. The van der Waals surface area contributed by atoms with Gasteiger partial charge in [0.15, 0.2) is 0 Å². The minimum atomic E-state index is -0.879. The quantitative estimate of drug-likeness (QED) is 0.892. The van der Waals surface area contributed by atoms with E-state index in [1.54, 1.807) is 12.1 Å². The maximum absolute atomic E-state index is 11.9. The van der Waals surface area contributed by atoms with Gasteiger partial charge in [-0.25, -0.2) is 0 Å². The lowest BCUT2D eigenvalue weighted by Gasteiger charge is -2.12. The highest BCUT2D eigenvalue weighted by Gasteiger charge is 2.50. The van der Waals surface area contributed by atoms with Crippen LogP contribution in [-0.4, -0.2) is 5.91 Å². The zero-order valence-electron chi connectivity index (χ0n) is 9.18. The van der Waals surface area contributed by atoms with Crippen LogP contribution < -0.4 is 5.32 Å². The van der Waals surface area contributed by atoms with Crippen molar-refractivity contribution in [1.29, 1.82) is 5.26 Å². The van der Waals surface area contributed by atoms with Crippen LogP contribution >= 0.6 is 23.2 Å². The maximum atomic E-state index is 11.9. The molecule has 5 heteroatoms. The van der Waals surface area contributed by atoms with E-state index in [9.17, 15) is 4.79 Å². The fourth-order valence-electron chi connectivity index (χ4n) is 1.52. The molecule has 0 bridgehead atoms. The summed E-state index contributed by atoms with van der Waals surface area (Å²) in [6.07, 6.45) is 1.19. The molecular weight excluding hydrogens is 259 g/mol. The molecule has 88 valence electrons. The van der Waals surface area contributed by atoms with Crippen molar-refractivity contribution in [2.75, 3.05) is 5.32 Å². The second kappa shape index (κ2) is 4.21. The van der Waals surface area contributed by atoms with E-state index in [1.807, 2.05) is 13.0 Å². The van der Waals surface area contributed by atoms with Crippen LogP contribution in [0.2, 0.25) is 10.0 Å². The second-order valence-corrected chi connectivity index (χ2v) is 4.99. The number of anilines is 1. The van der Waals surface area contributed by atoms with E-state index in [0.29, 0.717) is 28.6 Å². The summed E-state index contributed by atoms with van der Waals surface area (Å²) < 4.78 is 0. The van der Waals surface area contributed by atoms with Gasteiger partial charge in [-0.05, 0) is 31.4 Å². The van der Waals surface area contributed by atoms with Gasteiger partial charge in [0.25, 0.3) is 0 Å². The SMILES string of the molecule is Cc1ccc(Cl)c(NC(=O)C2(C#N)CC2)c1Cl. The summed E-state index contributed by atoms with van der Waals surface area (Å²) in [6, 6.07) is 5.47. The number of benzene rings is 1. The summed E-state index contributed by atoms with van der Waals surface area (Å²) in [5.74, 6) is -0.325. The van der Waals surface area contributed by atoms with Crippen LogP contribution in [0.1, 0.15) is 18.4 Å². The van der Waals surface area contributed by atoms with Crippen LogP contribution in [0.25, 0.3) is 0 Å². The van der Waals surface area contributed by atoms with Gasteiger partial charge in [-0.2, -0.15) is 5.26 Å². The molecule has 0 heterocycles. The van der Waals surface area contributed by atoms with Gasteiger partial charge in [0, 0.05) is 0 Å². The third kappa shape index (κ3) is 2.11. The lowest BCUT2D eigenvalue weighted by atomic mass is 10.1. The molecule has 1 N–H and O–H groups in total. The van der Waals surface area contributed by atoms with E-state index >= 15 is 0 Å². The van der Waals surface area contributed by atoms with Crippen molar-refractivity contribution < 1.29 is 4.79 Å². The van der Waals surface area contributed by atoms with Crippen molar-refractivity contribution in [3.8, 4) is 6.07 Å². The molecule has 1 aromatic rings. The molecule has 0 aromatic heterocycles. The Balaban J connectivity index is 2.29. The number of nitrogens with zero attached hydrogens (tertiary/aromatic N) is 1. The number of hydrogen-bond donors (Lipinski definition) is 1. The lowest BCUT2D eigenvalue weighted by Crippen LogP contribution is -2.23. The monoisotopic (exact) mass is 268 g/mol. The summed E-state index contributed by atoms with van der Waals surface area (Å²) in [4.78, 5) is 11.9. The van der Waals surface area contributed by atoms with Gasteiger partial charge in [0.05, 0.1) is 21.8 Å². The minimum absolute atomic E-state index is 0.325. The maximum Gasteiger partial charge on any atom is 0.244 e. The zero-order chi connectivity index (χ0) is 12.6. The Labute approximate surface area is 109 Å². The van der Waals surface area contributed by atoms with E-state index in [0.717, 1.165) is 5.56 Å². The normalized spacial score (nSPS) is 16.1. The van der Waals surface area contributed by atoms with E-state index in [2.05, 4.69) is 5.32 Å². The van der Waals surface area contributed by atoms with Gasteiger partial charge in [-0.15, -0.1) is 0 Å². The Morgan fingerprint density at radius 1 is 1.47 bits per heavy atom. The third-order valence-corrected chi connectivity index (χ3v) is 3.72. The van der Waals surface area contributed by atoms with Gasteiger partial charge >= 0.3 is 0 Å². The average molecular weight is 269 g/mol. The van der Waals surface area contributed by atoms with Crippen LogP contribution in [0.15, 0.2) is 12.1 Å². The Kier molecular flexibility index (Phi) is 3.03. The number of amides is 1. The number of hydrogen-bond acceptors (Lipinski definition) is 2. The highest BCUT2D eigenvalue weighted by atomic mass is 35.5. The molecule has 1 aliphatic carbocycles. The fraction of sp³-hybridized carbons (Fsp3) is 0.333. The molecule has 17 heavy (non-hydrogen) atoms. The first kappa shape index (κ1) is 12.2. The third-order valence-electron chi connectivity index (χ3n) is 2.92. The Morgan fingerprint density at radius 2 is 2.12 bits per heavy atom. The fourth-order valence-corrected chi connectivity index (χ4v) is 1.98. The summed E-state index contributed by atoms with van der Waals surface area (Å²) in [5, 5.41) is 12.4. The highest BCUT2D eigenvalue weighted by molar-refractivity contribution is 6.40. The molecule has 1 fully saturated rings. The first-order chi connectivity index (χ1) is 8.00. The van der Waals surface area contributed by atoms with Gasteiger partial charge < -0.3 is 5.32 Å². The van der Waals surface area contributed by atoms with Crippen LogP contribution in [0.3, 0.4) is 0 Å². The molecule has 1 amide bonds. The molecule has 0 atom stereocenters. The first-order valence-corrected chi connectivity index (χ1v) is 5.93. The van der Waals surface area contributed by atoms with E-state index in [1.165, 1.54) is 0 Å². The van der Waals surface area contributed by atoms with Crippen LogP contribution in [-0.2, 0) is 4.79 Å². The molecule has 1 aliphatic rings. The van der Waals surface area contributed by atoms with Crippen LogP contribution in [0.4, 0.5) is 5.69 Å². The molecule has 1 saturated carbocycles. The molecule has 0 saturated heterocycles. The van der Waals surface area contributed by atoms with Crippen molar-refractivity contribution in [3.05, 3.63) is 27.7 Å². The largest absolute Gasteiger partial charge is 0.322 e. The highest BCUT2D eigenvalue weighted by Crippen LogP contribution is 2.46. The van der Waals surface area contributed by atoms with Crippen molar-refractivity contribution in [2.45, 2.75) is 19.8 Å². The number of carbonyl (C=O) groups is 1. The van der Waals surface area contributed by atoms with E-state index < -0.39 is 5.41 Å². The van der Waals surface area contributed by atoms with Crippen molar-refractivity contribution in [3.63, 3.8) is 0 Å². The summed E-state index contributed by atoms with van der Waals surface area (Å²) in [5.41, 5.74) is 0.337. The Morgan fingerprint density at radius 3 is 2.65 bits per heavy atom. The van der Waals surface area contributed by atoms with Crippen molar-refractivity contribution >= 4 is 34.8 Å². The topological polar surface area (TPSA) is 52.9 Å². The summed E-state index contributed by atoms with van der Waals surface area (Å²) >= 11 is 12.1. The zero-order valence-corrected chi connectivity index (χ0v) is 10.7. The lowest BCUT2D eigenvalue weighted by molar-refractivity contribution is -0.119. The molecule has 2 rings (SSSR count). The molecule has 0 aliphatic heterocycles. The molecule has 0 spiro atoms. The molecule has 0 unspecified atom stereocenters. The molecule has 0 radical (unpaired) electrons. The van der Waals surface area contributed by atoms with Crippen molar-refractivity contribution in [1.82, 2.24) is 0 Å². The summed E-state index contributed by atoms with van der Waals surface area (Å²) in [6.45, 7) is 1.82. The molecular formula is C12H10Cl2N2O. The standard InChI is InChI=1S/C12H10Cl2N2O/c1-7-2-3-8(13)10(9(7)14)16-11(17)12(6-15)4-5-12/h2-3H,4-5H2,1H3,(H,16,17). The van der Waals surface area contributed by atoms with Gasteiger partial charge in [0.2, 0.25) is 5.91 Å². The molecule has 3 nitrogen and oxygen atoms in total. The smallest absolute Gasteiger partial charge is 0.244 e. The Bertz CT molecular complexity index is 530. The summed E-state index contributed by atoms with van der Waals surface area (Å²) in [7, 11) is 0. The van der Waals surface area contributed by atoms with E-state index in [4.69, 9.17) is 28.5 Å². The van der Waals surface area contributed by atoms with Gasteiger partial charge in [-0.3, -0.25) is 4.79 Å². The van der Waals surface area contributed by atoms with Crippen LogP contribution in [0.5, 0.6) is 0 Å². The number of nitrogens with one attached hydrogen (secondary N) is 1. The number of aryl methyl sites for hydroxylation is 1. The minimum Gasteiger partial charge on any atom is -0.322 e. The predicted octanol–water partition coefficient (Wildman–Crippen LogP) is 3.54.